The Morgan fingerprint density at radius 1 is 1.38 bits per heavy atom. The first-order valence-electron chi connectivity index (χ1n) is 5.22. The minimum absolute atomic E-state index is 0.302. The van der Waals surface area contributed by atoms with Crippen molar-refractivity contribution in [3.63, 3.8) is 0 Å². The first kappa shape index (κ1) is 10.6. The number of hydrogen-bond donors (Lipinski definition) is 0. The molecule has 0 radical (unpaired) electrons. The van der Waals surface area contributed by atoms with E-state index in [1.807, 2.05) is 4.90 Å². The van der Waals surface area contributed by atoms with Crippen molar-refractivity contribution in [2.45, 2.75) is 53.0 Å². The zero-order chi connectivity index (χ0) is 10.1. The standard InChI is InChI=1S/C11H21NO/c1-9(2)12-8-11(3,4)7-5-6-10(12)13/h9H,5-8H2,1-4H3. The van der Waals surface area contributed by atoms with Crippen molar-refractivity contribution in [3.8, 4) is 0 Å². The van der Waals surface area contributed by atoms with E-state index in [4.69, 9.17) is 0 Å². The second-order valence-corrected chi connectivity index (χ2v) is 5.13. The van der Waals surface area contributed by atoms with Crippen molar-refractivity contribution < 1.29 is 4.79 Å². The Morgan fingerprint density at radius 2 is 2.00 bits per heavy atom. The van der Waals surface area contributed by atoms with Gasteiger partial charge < -0.3 is 4.90 Å². The Bertz CT molecular complexity index is 196. The van der Waals surface area contributed by atoms with E-state index in [0.717, 1.165) is 19.4 Å². The first-order chi connectivity index (χ1) is 5.92. The molecule has 1 rings (SSSR count). The third kappa shape index (κ3) is 2.71. The summed E-state index contributed by atoms with van der Waals surface area (Å²) in [6, 6.07) is 0.352. The number of carbonyl (C=O) groups is 1. The summed E-state index contributed by atoms with van der Waals surface area (Å²) in [5.74, 6) is 0.334. The van der Waals surface area contributed by atoms with Crippen LogP contribution in [0.25, 0.3) is 0 Å². The van der Waals surface area contributed by atoms with Gasteiger partial charge in [-0.3, -0.25) is 4.79 Å². The summed E-state index contributed by atoms with van der Waals surface area (Å²) in [5.41, 5.74) is 0.302. The lowest BCUT2D eigenvalue weighted by Crippen LogP contribution is -2.40. The minimum Gasteiger partial charge on any atom is -0.340 e. The number of rotatable bonds is 1. The Morgan fingerprint density at radius 3 is 2.54 bits per heavy atom. The quantitative estimate of drug-likeness (QED) is 0.611. The molecule has 1 saturated heterocycles. The van der Waals surface area contributed by atoms with Crippen molar-refractivity contribution in [2.75, 3.05) is 6.54 Å². The van der Waals surface area contributed by atoms with Crippen LogP contribution >= 0.6 is 0 Å². The van der Waals surface area contributed by atoms with Crippen molar-refractivity contribution >= 4 is 5.91 Å². The van der Waals surface area contributed by atoms with Crippen LogP contribution in [0.3, 0.4) is 0 Å². The zero-order valence-electron chi connectivity index (χ0n) is 9.26. The van der Waals surface area contributed by atoms with Crippen LogP contribution in [0.15, 0.2) is 0 Å². The normalized spacial score (nSPS) is 23.5. The summed E-state index contributed by atoms with van der Waals surface area (Å²) < 4.78 is 0. The van der Waals surface area contributed by atoms with Gasteiger partial charge in [0.05, 0.1) is 0 Å². The molecule has 13 heavy (non-hydrogen) atoms. The van der Waals surface area contributed by atoms with Crippen LogP contribution in [0.1, 0.15) is 47.0 Å². The van der Waals surface area contributed by atoms with Gasteiger partial charge in [0.25, 0.3) is 0 Å². The maximum atomic E-state index is 11.7. The van der Waals surface area contributed by atoms with Crippen molar-refractivity contribution in [2.24, 2.45) is 5.41 Å². The molecule has 0 atom stereocenters. The van der Waals surface area contributed by atoms with Crippen LogP contribution in [0, 0.1) is 5.41 Å². The second-order valence-electron chi connectivity index (χ2n) is 5.13. The van der Waals surface area contributed by atoms with Gasteiger partial charge in [-0.15, -0.1) is 0 Å². The first-order valence-corrected chi connectivity index (χ1v) is 5.22. The summed E-state index contributed by atoms with van der Waals surface area (Å²) in [5, 5.41) is 0. The van der Waals surface area contributed by atoms with E-state index in [0.29, 0.717) is 17.4 Å². The Hall–Kier alpha value is -0.530. The summed E-state index contributed by atoms with van der Waals surface area (Å²) in [6.45, 7) is 9.62. The molecule has 1 aliphatic heterocycles. The van der Waals surface area contributed by atoms with Crippen LogP contribution in [0.5, 0.6) is 0 Å². The maximum Gasteiger partial charge on any atom is 0.222 e. The molecule has 0 N–H and O–H groups in total. The molecule has 1 amide bonds. The molecule has 76 valence electrons. The lowest BCUT2D eigenvalue weighted by Gasteiger charge is -2.32. The highest BCUT2D eigenvalue weighted by atomic mass is 16.2. The van der Waals surface area contributed by atoms with Gasteiger partial charge in [0.2, 0.25) is 5.91 Å². The van der Waals surface area contributed by atoms with Crippen LogP contribution in [-0.2, 0) is 4.79 Å². The third-order valence-electron chi connectivity index (χ3n) is 2.79. The fraction of sp³-hybridized carbons (Fsp3) is 0.909. The van der Waals surface area contributed by atoms with Crippen molar-refractivity contribution in [3.05, 3.63) is 0 Å². The molecule has 1 heterocycles. The topological polar surface area (TPSA) is 20.3 Å². The molecule has 0 unspecified atom stereocenters. The zero-order valence-corrected chi connectivity index (χ0v) is 9.26. The number of hydrogen-bond acceptors (Lipinski definition) is 1. The fourth-order valence-corrected chi connectivity index (χ4v) is 1.96. The average molecular weight is 183 g/mol. The number of amides is 1. The summed E-state index contributed by atoms with van der Waals surface area (Å²) in [6.07, 6.45) is 2.96. The molecular formula is C11H21NO. The smallest absolute Gasteiger partial charge is 0.222 e. The fourth-order valence-electron chi connectivity index (χ4n) is 1.96. The van der Waals surface area contributed by atoms with Gasteiger partial charge in [-0.2, -0.15) is 0 Å². The highest BCUT2D eigenvalue weighted by Gasteiger charge is 2.29. The number of carbonyl (C=O) groups excluding carboxylic acids is 1. The molecule has 0 aromatic carbocycles. The number of nitrogens with zero attached hydrogens (tertiary/aromatic N) is 1. The van der Waals surface area contributed by atoms with Gasteiger partial charge in [-0.25, -0.2) is 0 Å². The van der Waals surface area contributed by atoms with E-state index in [-0.39, 0.29) is 0 Å². The lowest BCUT2D eigenvalue weighted by molar-refractivity contribution is -0.133. The predicted octanol–water partition coefficient (Wildman–Crippen LogP) is 2.43. The van der Waals surface area contributed by atoms with Crippen molar-refractivity contribution in [1.82, 2.24) is 4.90 Å². The molecular weight excluding hydrogens is 162 g/mol. The Labute approximate surface area is 81.3 Å². The minimum atomic E-state index is 0.302. The SMILES string of the molecule is CC(C)N1CC(C)(C)CCCC1=O. The lowest BCUT2D eigenvalue weighted by atomic mass is 9.88. The van der Waals surface area contributed by atoms with E-state index >= 15 is 0 Å². The molecule has 2 nitrogen and oxygen atoms in total. The van der Waals surface area contributed by atoms with E-state index in [1.165, 1.54) is 6.42 Å². The molecule has 0 aromatic rings. The van der Waals surface area contributed by atoms with Crippen LogP contribution in [0.2, 0.25) is 0 Å². The van der Waals surface area contributed by atoms with Gasteiger partial charge in [0, 0.05) is 19.0 Å². The van der Waals surface area contributed by atoms with E-state index in [9.17, 15) is 4.79 Å². The molecule has 0 aliphatic carbocycles. The molecule has 0 bridgehead atoms. The molecule has 2 heteroatoms. The summed E-state index contributed by atoms with van der Waals surface area (Å²) in [7, 11) is 0. The van der Waals surface area contributed by atoms with Gasteiger partial charge in [0.15, 0.2) is 0 Å². The van der Waals surface area contributed by atoms with E-state index < -0.39 is 0 Å². The molecule has 0 aromatic heterocycles. The number of likely N-dealkylation sites (tertiary alicyclic amines) is 1. The molecule has 1 aliphatic rings. The van der Waals surface area contributed by atoms with Crippen LogP contribution < -0.4 is 0 Å². The van der Waals surface area contributed by atoms with Gasteiger partial charge in [0.1, 0.15) is 0 Å². The highest BCUT2D eigenvalue weighted by Crippen LogP contribution is 2.29. The Kier molecular flexibility index (Phi) is 2.99. The second kappa shape index (κ2) is 3.69. The summed E-state index contributed by atoms with van der Waals surface area (Å²) in [4.78, 5) is 13.7. The van der Waals surface area contributed by atoms with Gasteiger partial charge in [-0.1, -0.05) is 13.8 Å². The average Bonchev–Trinajstić information content (AvgIpc) is 2.10. The third-order valence-corrected chi connectivity index (χ3v) is 2.79. The monoisotopic (exact) mass is 183 g/mol. The highest BCUT2D eigenvalue weighted by molar-refractivity contribution is 5.76. The van der Waals surface area contributed by atoms with E-state index in [1.54, 1.807) is 0 Å². The van der Waals surface area contributed by atoms with Gasteiger partial charge >= 0.3 is 0 Å². The predicted molar refractivity (Wildman–Crippen MR) is 54.5 cm³/mol. The molecule has 0 spiro atoms. The summed E-state index contributed by atoms with van der Waals surface area (Å²) >= 11 is 0. The molecule has 1 fully saturated rings. The Balaban J connectivity index is 2.73. The maximum absolute atomic E-state index is 11.7. The van der Waals surface area contributed by atoms with Gasteiger partial charge in [-0.05, 0) is 32.1 Å². The van der Waals surface area contributed by atoms with Crippen molar-refractivity contribution in [1.29, 1.82) is 0 Å². The molecule has 0 saturated carbocycles. The van der Waals surface area contributed by atoms with Crippen LogP contribution in [-0.4, -0.2) is 23.4 Å². The van der Waals surface area contributed by atoms with Crippen LogP contribution in [0.4, 0.5) is 0 Å². The van der Waals surface area contributed by atoms with E-state index in [2.05, 4.69) is 27.7 Å². The largest absolute Gasteiger partial charge is 0.340 e.